The number of hydrogen-bond acceptors (Lipinski definition) is 3. The first-order valence-electron chi connectivity index (χ1n) is 5.64. The van der Waals surface area contributed by atoms with E-state index in [1.807, 2.05) is 24.3 Å². The number of rotatable bonds is 4. The fraction of sp³-hybridized carbons (Fsp3) is 0. The van der Waals surface area contributed by atoms with E-state index >= 15 is 0 Å². The van der Waals surface area contributed by atoms with Crippen LogP contribution >= 0.6 is 27.5 Å². The lowest BCUT2D eigenvalue weighted by Crippen LogP contribution is -1.99. The van der Waals surface area contributed by atoms with Crippen molar-refractivity contribution in [2.45, 2.75) is 0 Å². The second-order valence-corrected chi connectivity index (χ2v) is 5.24. The fourth-order valence-electron chi connectivity index (χ4n) is 1.49. The number of aromatic carboxylic acids is 1. The quantitative estimate of drug-likeness (QED) is 0.638. The van der Waals surface area contributed by atoms with E-state index in [0.717, 1.165) is 10.0 Å². The molecule has 0 unspecified atom stereocenters. The zero-order valence-corrected chi connectivity index (χ0v) is 12.5. The molecular weight excluding hydrogens is 344 g/mol. The molecule has 0 aliphatic rings. The lowest BCUT2D eigenvalue weighted by Gasteiger charge is -2.03. The van der Waals surface area contributed by atoms with Crippen LogP contribution in [0.5, 0.6) is 0 Å². The Kier molecular flexibility index (Phi) is 4.76. The van der Waals surface area contributed by atoms with Gasteiger partial charge in [0.1, 0.15) is 0 Å². The summed E-state index contributed by atoms with van der Waals surface area (Å²) in [6, 6.07) is 12.2. The summed E-state index contributed by atoms with van der Waals surface area (Å²) in [4.78, 5) is 10.9. The summed E-state index contributed by atoms with van der Waals surface area (Å²) in [5.74, 6) is -1.07. The van der Waals surface area contributed by atoms with Crippen molar-refractivity contribution < 1.29 is 9.90 Å². The van der Waals surface area contributed by atoms with Crippen molar-refractivity contribution in [2.24, 2.45) is 5.10 Å². The highest BCUT2D eigenvalue weighted by Crippen LogP contribution is 2.20. The van der Waals surface area contributed by atoms with Gasteiger partial charge >= 0.3 is 5.97 Å². The van der Waals surface area contributed by atoms with Crippen molar-refractivity contribution in [2.75, 3.05) is 5.43 Å². The van der Waals surface area contributed by atoms with E-state index in [1.54, 1.807) is 12.3 Å². The van der Waals surface area contributed by atoms with Gasteiger partial charge in [0.15, 0.2) is 0 Å². The summed E-state index contributed by atoms with van der Waals surface area (Å²) >= 11 is 9.13. The van der Waals surface area contributed by atoms with E-state index in [2.05, 4.69) is 26.5 Å². The summed E-state index contributed by atoms with van der Waals surface area (Å²) in [6.07, 6.45) is 1.64. The maximum atomic E-state index is 10.9. The molecule has 2 aromatic rings. The summed E-state index contributed by atoms with van der Waals surface area (Å²) in [5.41, 5.74) is 4.28. The Morgan fingerprint density at radius 1 is 1.25 bits per heavy atom. The van der Waals surface area contributed by atoms with Gasteiger partial charge < -0.3 is 5.11 Å². The molecule has 0 aliphatic heterocycles. The Morgan fingerprint density at radius 3 is 2.60 bits per heavy atom. The molecule has 20 heavy (non-hydrogen) atoms. The molecule has 0 heterocycles. The first-order valence-corrected chi connectivity index (χ1v) is 6.81. The Balaban J connectivity index is 2.09. The number of anilines is 1. The average molecular weight is 354 g/mol. The maximum absolute atomic E-state index is 10.9. The molecule has 2 rings (SSSR count). The molecule has 0 aromatic heterocycles. The minimum Gasteiger partial charge on any atom is -0.478 e. The number of nitrogens with one attached hydrogen (secondary N) is 1. The Hall–Kier alpha value is -1.85. The number of halogens is 2. The van der Waals surface area contributed by atoms with Gasteiger partial charge in [-0.2, -0.15) is 5.10 Å². The third kappa shape index (κ3) is 3.82. The van der Waals surface area contributed by atoms with E-state index in [4.69, 9.17) is 16.7 Å². The van der Waals surface area contributed by atoms with E-state index in [9.17, 15) is 4.79 Å². The van der Waals surface area contributed by atoms with Crippen LogP contribution in [-0.4, -0.2) is 17.3 Å². The van der Waals surface area contributed by atoms with Gasteiger partial charge in [-0.3, -0.25) is 5.43 Å². The van der Waals surface area contributed by atoms with Gasteiger partial charge in [0.2, 0.25) is 0 Å². The number of nitrogens with zero attached hydrogens (tertiary/aromatic N) is 1. The molecule has 0 saturated carbocycles. The van der Waals surface area contributed by atoms with Crippen molar-refractivity contribution in [3.05, 3.63) is 63.1 Å². The van der Waals surface area contributed by atoms with Crippen LogP contribution in [0, 0.1) is 0 Å². The van der Waals surface area contributed by atoms with Crippen LogP contribution in [0.2, 0.25) is 5.02 Å². The summed E-state index contributed by atoms with van der Waals surface area (Å²) in [7, 11) is 0. The molecule has 0 saturated heterocycles. The van der Waals surface area contributed by atoms with Crippen molar-refractivity contribution in [3.63, 3.8) is 0 Å². The fourth-order valence-corrected chi connectivity index (χ4v) is 1.95. The van der Waals surface area contributed by atoms with Crippen molar-refractivity contribution in [3.8, 4) is 0 Å². The number of carboxylic acid groups (broad SMARTS) is 1. The van der Waals surface area contributed by atoms with Crippen molar-refractivity contribution >= 4 is 45.4 Å². The largest absolute Gasteiger partial charge is 0.478 e. The molecule has 2 N–H and O–H groups in total. The standard InChI is InChI=1S/C14H10BrClN2O2/c15-10-3-1-9(2-4-10)8-17-18-11-5-6-13(16)12(7-11)14(19)20/h1-8,18H,(H,19,20)/b17-8-. The van der Waals surface area contributed by atoms with Crippen LogP contribution in [0.4, 0.5) is 5.69 Å². The highest BCUT2D eigenvalue weighted by Gasteiger charge is 2.08. The van der Waals surface area contributed by atoms with Gasteiger partial charge in [-0.1, -0.05) is 39.7 Å². The summed E-state index contributed by atoms with van der Waals surface area (Å²) < 4.78 is 0.992. The monoisotopic (exact) mass is 352 g/mol. The lowest BCUT2D eigenvalue weighted by atomic mass is 10.2. The smallest absolute Gasteiger partial charge is 0.337 e. The van der Waals surface area contributed by atoms with E-state index < -0.39 is 5.97 Å². The highest BCUT2D eigenvalue weighted by molar-refractivity contribution is 9.10. The number of benzene rings is 2. The Morgan fingerprint density at radius 2 is 1.95 bits per heavy atom. The van der Waals surface area contributed by atoms with Crippen LogP contribution in [0.15, 0.2) is 52.0 Å². The SMILES string of the molecule is O=C(O)c1cc(N/N=C\c2ccc(Br)cc2)ccc1Cl. The van der Waals surface area contributed by atoms with Gasteiger partial charge in [-0.15, -0.1) is 0 Å². The summed E-state index contributed by atoms with van der Waals surface area (Å²) in [5, 5.41) is 13.2. The molecule has 6 heteroatoms. The molecule has 0 bridgehead atoms. The Bertz CT molecular complexity index is 657. The second-order valence-electron chi connectivity index (χ2n) is 3.92. The Labute approximate surface area is 129 Å². The minimum absolute atomic E-state index is 0.0375. The number of carbonyl (C=O) groups is 1. The first kappa shape index (κ1) is 14.6. The predicted molar refractivity (Wildman–Crippen MR) is 83.8 cm³/mol. The predicted octanol–water partition coefficient (Wildman–Crippen LogP) is 4.25. The summed E-state index contributed by atoms with van der Waals surface area (Å²) in [6.45, 7) is 0. The van der Waals surface area contributed by atoms with E-state index in [0.29, 0.717) is 5.69 Å². The minimum atomic E-state index is -1.07. The molecule has 0 aliphatic carbocycles. The zero-order chi connectivity index (χ0) is 14.5. The van der Waals surface area contributed by atoms with Gasteiger partial charge in [-0.25, -0.2) is 4.79 Å². The zero-order valence-electron chi connectivity index (χ0n) is 10.2. The molecule has 2 aromatic carbocycles. The van der Waals surface area contributed by atoms with E-state index in [1.165, 1.54) is 12.1 Å². The average Bonchev–Trinajstić information content (AvgIpc) is 2.42. The maximum Gasteiger partial charge on any atom is 0.337 e. The molecule has 0 amide bonds. The van der Waals surface area contributed by atoms with Crippen LogP contribution in [0.3, 0.4) is 0 Å². The highest BCUT2D eigenvalue weighted by atomic mass is 79.9. The van der Waals surface area contributed by atoms with Gasteiger partial charge in [0, 0.05) is 4.47 Å². The number of carboxylic acids is 1. The second kappa shape index (κ2) is 6.54. The third-order valence-corrected chi connectivity index (χ3v) is 3.33. The first-order chi connectivity index (χ1) is 9.56. The van der Waals surface area contributed by atoms with Crippen molar-refractivity contribution in [1.29, 1.82) is 0 Å². The van der Waals surface area contributed by atoms with Gasteiger partial charge in [-0.05, 0) is 35.9 Å². The molecule has 4 nitrogen and oxygen atoms in total. The third-order valence-electron chi connectivity index (χ3n) is 2.47. The van der Waals surface area contributed by atoms with Gasteiger partial charge in [0.05, 0.1) is 22.5 Å². The van der Waals surface area contributed by atoms with E-state index in [-0.39, 0.29) is 10.6 Å². The van der Waals surface area contributed by atoms with Crippen LogP contribution < -0.4 is 5.43 Å². The molecular formula is C14H10BrClN2O2. The van der Waals surface area contributed by atoms with Crippen molar-refractivity contribution in [1.82, 2.24) is 0 Å². The molecule has 0 radical (unpaired) electrons. The topological polar surface area (TPSA) is 61.7 Å². The van der Waals surface area contributed by atoms with Crippen LogP contribution in [0.1, 0.15) is 15.9 Å². The molecule has 0 fully saturated rings. The molecule has 102 valence electrons. The van der Waals surface area contributed by atoms with Crippen LogP contribution in [0.25, 0.3) is 0 Å². The lowest BCUT2D eigenvalue weighted by molar-refractivity contribution is 0.0697. The van der Waals surface area contributed by atoms with Gasteiger partial charge in [0.25, 0.3) is 0 Å². The number of hydrogen-bond donors (Lipinski definition) is 2. The molecule has 0 atom stereocenters. The molecule has 0 spiro atoms. The number of hydrazone groups is 1. The normalized spacial score (nSPS) is 10.7. The van der Waals surface area contributed by atoms with Crippen LogP contribution in [-0.2, 0) is 0 Å².